The minimum Gasteiger partial charge on any atom is -0.323 e. The van der Waals surface area contributed by atoms with E-state index in [4.69, 9.17) is 0 Å². The topological polar surface area (TPSA) is 92.7 Å². The number of halogens is 3. The predicted octanol–water partition coefficient (Wildman–Crippen LogP) is 3.65. The molecule has 1 amide bonds. The van der Waals surface area contributed by atoms with Gasteiger partial charge in [0.1, 0.15) is 5.39 Å². The van der Waals surface area contributed by atoms with Crippen molar-refractivity contribution >= 4 is 34.4 Å². The number of amides is 1. The van der Waals surface area contributed by atoms with Crippen LogP contribution >= 0.6 is 11.8 Å². The van der Waals surface area contributed by atoms with Crippen LogP contribution in [0.3, 0.4) is 0 Å². The van der Waals surface area contributed by atoms with Gasteiger partial charge in [0.25, 0.3) is 5.56 Å². The quantitative estimate of drug-likeness (QED) is 0.278. The van der Waals surface area contributed by atoms with E-state index in [1.165, 1.54) is 17.8 Å². The molecule has 11 heteroatoms. The third kappa shape index (κ3) is 4.04. The number of anilines is 1. The number of hydrogen-bond acceptors (Lipinski definition) is 5. The molecule has 2 aromatic heterocycles. The van der Waals surface area contributed by atoms with E-state index in [2.05, 4.69) is 20.4 Å². The molecule has 1 atom stereocenters. The van der Waals surface area contributed by atoms with Gasteiger partial charge in [0.05, 0.1) is 22.8 Å². The Morgan fingerprint density at radius 3 is 2.61 bits per heavy atom. The van der Waals surface area contributed by atoms with Crippen LogP contribution in [-0.2, 0) is 4.79 Å². The Labute approximate surface area is 177 Å². The summed E-state index contributed by atoms with van der Waals surface area (Å²) in [5, 5.41) is 5.97. The van der Waals surface area contributed by atoms with Gasteiger partial charge in [-0.3, -0.25) is 9.59 Å². The average molecular weight is 445 g/mol. The van der Waals surface area contributed by atoms with Gasteiger partial charge in [-0.15, -0.1) is 0 Å². The molecular formula is C20H14F3N5O2S. The van der Waals surface area contributed by atoms with Crippen molar-refractivity contribution in [3.8, 4) is 5.69 Å². The van der Waals surface area contributed by atoms with E-state index in [0.29, 0.717) is 17.4 Å². The number of aromatic amines is 1. The summed E-state index contributed by atoms with van der Waals surface area (Å²) < 4.78 is 41.7. The summed E-state index contributed by atoms with van der Waals surface area (Å²) in [6, 6.07) is 10.7. The monoisotopic (exact) mass is 445 g/mol. The van der Waals surface area contributed by atoms with Crippen molar-refractivity contribution in [2.24, 2.45) is 0 Å². The number of carbonyl (C=O) groups is 1. The van der Waals surface area contributed by atoms with Crippen LogP contribution in [0.15, 0.2) is 58.6 Å². The molecule has 0 fully saturated rings. The van der Waals surface area contributed by atoms with Crippen LogP contribution in [0.4, 0.5) is 18.9 Å². The van der Waals surface area contributed by atoms with Crippen molar-refractivity contribution in [2.75, 3.05) is 5.32 Å². The molecular weight excluding hydrogens is 431 g/mol. The Balaban J connectivity index is 1.59. The fourth-order valence-electron chi connectivity index (χ4n) is 2.79. The van der Waals surface area contributed by atoms with E-state index in [-0.39, 0.29) is 10.5 Å². The lowest BCUT2D eigenvalue weighted by atomic mass is 10.2. The fraction of sp³-hybridized carbons (Fsp3) is 0.100. The van der Waals surface area contributed by atoms with Gasteiger partial charge in [0.2, 0.25) is 5.91 Å². The van der Waals surface area contributed by atoms with Gasteiger partial charge in [0.15, 0.2) is 28.3 Å². The second-order valence-corrected chi connectivity index (χ2v) is 7.80. The van der Waals surface area contributed by atoms with E-state index >= 15 is 0 Å². The van der Waals surface area contributed by atoms with Gasteiger partial charge in [-0.2, -0.15) is 5.10 Å². The smallest absolute Gasteiger partial charge is 0.262 e. The highest BCUT2D eigenvalue weighted by Crippen LogP contribution is 2.24. The molecule has 2 N–H and O–H groups in total. The molecule has 0 aliphatic rings. The summed E-state index contributed by atoms with van der Waals surface area (Å²) in [4.78, 5) is 31.8. The first-order valence-electron chi connectivity index (χ1n) is 8.99. The molecule has 0 radical (unpaired) electrons. The molecule has 31 heavy (non-hydrogen) atoms. The van der Waals surface area contributed by atoms with Crippen molar-refractivity contribution in [1.29, 1.82) is 0 Å². The molecule has 0 saturated heterocycles. The number of thioether (sulfide) groups is 1. The maximum absolute atomic E-state index is 13.8. The van der Waals surface area contributed by atoms with Crippen LogP contribution in [0.5, 0.6) is 0 Å². The summed E-state index contributed by atoms with van der Waals surface area (Å²) in [7, 11) is 0. The Kier molecular flexibility index (Phi) is 5.51. The molecule has 158 valence electrons. The van der Waals surface area contributed by atoms with Gasteiger partial charge in [-0.25, -0.2) is 22.8 Å². The Bertz CT molecular complexity index is 1340. The van der Waals surface area contributed by atoms with E-state index in [1.54, 1.807) is 12.1 Å². The molecule has 7 nitrogen and oxygen atoms in total. The van der Waals surface area contributed by atoms with Crippen LogP contribution in [0.1, 0.15) is 6.92 Å². The number of benzene rings is 2. The molecule has 0 spiro atoms. The largest absolute Gasteiger partial charge is 0.323 e. The number of fused-ring (bicyclic) bond motifs is 1. The summed E-state index contributed by atoms with van der Waals surface area (Å²) in [6.45, 7) is 1.50. The summed E-state index contributed by atoms with van der Waals surface area (Å²) in [6.07, 6.45) is 1.39. The van der Waals surface area contributed by atoms with Crippen LogP contribution in [-0.4, -0.2) is 30.9 Å². The molecule has 0 unspecified atom stereocenters. The predicted molar refractivity (Wildman–Crippen MR) is 110 cm³/mol. The first-order valence-corrected chi connectivity index (χ1v) is 9.87. The first-order chi connectivity index (χ1) is 14.8. The second-order valence-electron chi connectivity index (χ2n) is 6.47. The zero-order chi connectivity index (χ0) is 22.1. The highest BCUT2D eigenvalue weighted by molar-refractivity contribution is 8.00. The molecule has 0 aliphatic carbocycles. The lowest BCUT2D eigenvalue weighted by Gasteiger charge is -2.12. The number of H-pyrrole nitrogens is 1. The molecule has 2 aromatic carbocycles. The molecule has 2 heterocycles. The minimum atomic E-state index is -1.68. The van der Waals surface area contributed by atoms with Gasteiger partial charge in [0, 0.05) is 0 Å². The van der Waals surface area contributed by atoms with Crippen molar-refractivity contribution in [2.45, 2.75) is 17.3 Å². The van der Waals surface area contributed by atoms with Crippen molar-refractivity contribution in [3.63, 3.8) is 0 Å². The summed E-state index contributed by atoms with van der Waals surface area (Å²) in [5.41, 5.74) is 0.0761. The fourth-order valence-corrected chi connectivity index (χ4v) is 3.58. The van der Waals surface area contributed by atoms with E-state index in [1.807, 2.05) is 18.2 Å². The Morgan fingerprint density at radius 2 is 1.87 bits per heavy atom. The van der Waals surface area contributed by atoms with Crippen molar-refractivity contribution in [1.82, 2.24) is 19.7 Å². The summed E-state index contributed by atoms with van der Waals surface area (Å²) in [5.74, 6) is -5.22. The van der Waals surface area contributed by atoms with Gasteiger partial charge in [-0.05, 0) is 31.2 Å². The molecule has 4 aromatic rings. The number of nitrogens with one attached hydrogen (secondary N) is 2. The number of para-hydroxylation sites is 1. The van der Waals surface area contributed by atoms with Crippen LogP contribution in [0, 0.1) is 17.5 Å². The molecule has 4 rings (SSSR count). The van der Waals surface area contributed by atoms with Gasteiger partial charge < -0.3 is 10.3 Å². The number of hydrogen-bond donors (Lipinski definition) is 2. The third-order valence-corrected chi connectivity index (χ3v) is 5.35. The average Bonchev–Trinajstić information content (AvgIpc) is 3.19. The number of rotatable bonds is 5. The summed E-state index contributed by atoms with van der Waals surface area (Å²) >= 11 is 0.910. The molecule has 0 bridgehead atoms. The van der Waals surface area contributed by atoms with E-state index < -0.39 is 39.9 Å². The van der Waals surface area contributed by atoms with Gasteiger partial charge >= 0.3 is 0 Å². The third-order valence-electron chi connectivity index (χ3n) is 4.37. The number of carbonyl (C=O) groups excluding carboxylic acids is 1. The highest BCUT2D eigenvalue weighted by Gasteiger charge is 2.21. The normalized spacial score (nSPS) is 12.1. The maximum atomic E-state index is 13.8. The van der Waals surface area contributed by atoms with Crippen molar-refractivity contribution in [3.05, 3.63) is 76.5 Å². The minimum absolute atomic E-state index is 0.142. The number of aromatic nitrogens is 4. The van der Waals surface area contributed by atoms with E-state index in [9.17, 15) is 22.8 Å². The Hall–Kier alpha value is -3.60. The Morgan fingerprint density at radius 1 is 1.13 bits per heavy atom. The van der Waals surface area contributed by atoms with Crippen LogP contribution in [0.2, 0.25) is 0 Å². The second kappa shape index (κ2) is 8.26. The van der Waals surface area contributed by atoms with Crippen LogP contribution in [0.25, 0.3) is 16.7 Å². The van der Waals surface area contributed by atoms with Crippen molar-refractivity contribution < 1.29 is 18.0 Å². The zero-order valence-electron chi connectivity index (χ0n) is 15.9. The SMILES string of the molecule is C[C@@H](Sc1nc2c(cnn2-c2ccccc2)c(=O)[nH]1)C(=O)Nc1ccc(F)c(F)c1F. The number of nitrogens with zero attached hydrogens (tertiary/aromatic N) is 3. The highest BCUT2D eigenvalue weighted by atomic mass is 32.2. The first kappa shape index (κ1) is 20.7. The maximum Gasteiger partial charge on any atom is 0.262 e. The lowest BCUT2D eigenvalue weighted by molar-refractivity contribution is -0.115. The van der Waals surface area contributed by atoms with E-state index in [0.717, 1.165) is 17.8 Å². The lowest BCUT2D eigenvalue weighted by Crippen LogP contribution is -2.24. The van der Waals surface area contributed by atoms with Crippen LogP contribution < -0.4 is 10.9 Å². The molecule has 0 saturated carbocycles. The standard InChI is InChI=1S/C20H14F3N5O2S/c1-10(18(29)25-14-8-7-13(21)15(22)16(14)23)31-20-26-17-12(19(30)27-20)9-24-28(17)11-5-3-2-4-6-11/h2-10H,1H3,(H,25,29)(H,26,27,30)/t10-/m1/s1. The van der Waals surface area contributed by atoms with Gasteiger partial charge in [-0.1, -0.05) is 30.0 Å². The molecule has 0 aliphatic heterocycles. The zero-order valence-corrected chi connectivity index (χ0v) is 16.7.